The largest absolute Gasteiger partial charge is 0.351 e. The molecule has 0 spiro atoms. The Labute approximate surface area is 203 Å². The van der Waals surface area contributed by atoms with Crippen molar-refractivity contribution in [3.8, 4) is 0 Å². The van der Waals surface area contributed by atoms with Crippen LogP contribution in [0, 0.1) is 5.82 Å². The van der Waals surface area contributed by atoms with Crippen LogP contribution in [0.3, 0.4) is 0 Å². The number of benzene rings is 1. The molecule has 5 nitrogen and oxygen atoms in total. The van der Waals surface area contributed by atoms with Crippen LogP contribution in [0.4, 0.5) is 4.39 Å². The first-order chi connectivity index (χ1) is 16.4. The lowest BCUT2D eigenvalue weighted by atomic mass is 9.93. The Morgan fingerprint density at radius 3 is 2.62 bits per heavy atom. The number of carbonyl (C=O) groups is 2. The summed E-state index contributed by atoms with van der Waals surface area (Å²) in [5.41, 5.74) is 0.863. The molecule has 1 N–H and O–H groups in total. The van der Waals surface area contributed by atoms with Crippen molar-refractivity contribution in [2.45, 2.75) is 83.5 Å². The molecule has 180 valence electrons. The lowest BCUT2D eigenvalue weighted by molar-refractivity contribution is -0.134. The summed E-state index contributed by atoms with van der Waals surface area (Å²) in [5.74, 6) is -0.742. The van der Waals surface area contributed by atoms with Crippen LogP contribution in [0.15, 0.2) is 36.4 Å². The Bertz CT molecular complexity index is 1220. The number of amides is 2. The van der Waals surface area contributed by atoms with E-state index in [0.29, 0.717) is 17.8 Å². The zero-order valence-corrected chi connectivity index (χ0v) is 20.7. The van der Waals surface area contributed by atoms with Gasteiger partial charge in [-0.05, 0) is 44.4 Å². The second-order valence-corrected chi connectivity index (χ2v) is 11.0. The fourth-order valence-electron chi connectivity index (χ4n) is 5.37. The Morgan fingerprint density at radius 2 is 1.91 bits per heavy atom. The van der Waals surface area contributed by atoms with Gasteiger partial charge in [0.15, 0.2) is 0 Å². The van der Waals surface area contributed by atoms with Crippen LogP contribution in [-0.2, 0) is 24.3 Å². The van der Waals surface area contributed by atoms with Crippen molar-refractivity contribution in [2.24, 2.45) is 0 Å². The fourth-order valence-corrected chi connectivity index (χ4v) is 6.41. The van der Waals surface area contributed by atoms with Crippen LogP contribution in [0.2, 0.25) is 0 Å². The molecule has 1 aliphatic carbocycles. The first-order valence-electron chi connectivity index (χ1n) is 12.4. The average molecular weight is 482 g/mol. The molecule has 1 aliphatic heterocycles. The van der Waals surface area contributed by atoms with Gasteiger partial charge in [0, 0.05) is 16.5 Å². The van der Waals surface area contributed by atoms with Crippen molar-refractivity contribution >= 4 is 33.4 Å². The monoisotopic (exact) mass is 481 g/mol. The number of halogens is 1. The number of fused-ring (bicyclic) bond motifs is 3. The van der Waals surface area contributed by atoms with Gasteiger partial charge in [0.1, 0.15) is 17.1 Å². The van der Waals surface area contributed by atoms with Crippen LogP contribution in [0.1, 0.15) is 73.3 Å². The molecule has 34 heavy (non-hydrogen) atoms. The highest BCUT2D eigenvalue weighted by molar-refractivity contribution is 7.19. The molecule has 0 radical (unpaired) electrons. The van der Waals surface area contributed by atoms with Gasteiger partial charge in [0.25, 0.3) is 5.91 Å². The van der Waals surface area contributed by atoms with Crippen LogP contribution in [0.25, 0.3) is 10.2 Å². The van der Waals surface area contributed by atoms with Gasteiger partial charge >= 0.3 is 0 Å². The van der Waals surface area contributed by atoms with Crippen molar-refractivity contribution in [1.82, 2.24) is 14.8 Å². The highest BCUT2D eigenvalue weighted by Gasteiger charge is 2.48. The number of thiophene rings is 1. The predicted octanol–water partition coefficient (Wildman–Crippen LogP) is 5.66. The van der Waals surface area contributed by atoms with Gasteiger partial charge in [0.2, 0.25) is 5.91 Å². The molecule has 1 fully saturated rings. The SMILES string of the molecule is CCc1cc2c(cc3n2CC(C)(C(=O)NC2CCCCCC2)N(Cc2ccccc2F)C3=O)s1. The second-order valence-electron chi connectivity index (χ2n) is 9.85. The van der Waals surface area contributed by atoms with Crippen LogP contribution < -0.4 is 5.32 Å². The topological polar surface area (TPSA) is 54.3 Å². The number of carbonyl (C=O) groups excluding carboxylic acids is 2. The molecule has 1 aromatic carbocycles. The molecule has 5 rings (SSSR count). The Hall–Kier alpha value is -2.67. The van der Waals surface area contributed by atoms with E-state index < -0.39 is 5.54 Å². The van der Waals surface area contributed by atoms with Crippen molar-refractivity contribution in [3.05, 3.63) is 58.3 Å². The molecule has 1 atom stereocenters. The normalized spacial score (nSPS) is 21.5. The summed E-state index contributed by atoms with van der Waals surface area (Å²) < 4.78 is 17.7. The minimum atomic E-state index is -1.13. The zero-order chi connectivity index (χ0) is 23.9. The van der Waals surface area contributed by atoms with E-state index in [4.69, 9.17) is 0 Å². The summed E-state index contributed by atoms with van der Waals surface area (Å²) in [6.07, 6.45) is 7.47. The van der Waals surface area contributed by atoms with E-state index in [9.17, 15) is 14.0 Å². The second kappa shape index (κ2) is 9.17. The third-order valence-corrected chi connectivity index (χ3v) is 8.70. The van der Waals surface area contributed by atoms with Gasteiger partial charge in [-0.25, -0.2) is 4.39 Å². The molecule has 3 heterocycles. The zero-order valence-electron chi connectivity index (χ0n) is 19.9. The highest BCUT2D eigenvalue weighted by Crippen LogP contribution is 2.37. The minimum Gasteiger partial charge on any atom is -0.351 e. The number of nitrogens with zero attached hydrogens (tertiary/aromatic N) is 2. The predicted molar refractivity (Wildman–Crippen MR) is 134 cm³/mol. The average Bonchev–Trinajstić information content (AvgIpc) is 3.26. The van der Waals surface area contributed by atoms with Crippen LogP contribution in [0.5, 0.6) is 0 Å². The molecule has 0 bridgehead atoms. The van der Waals surface area contributed by atoms with Crippen molar-refractivity contribution in [2.75, 3.05) is 0 Å². The molecule has 1 unspecified atom stereocenters. The maximum atomic E-state index is 14.6. The number of aromatic nitrogens is 1. The maximum Gasteiger partial charge on any atom is 0.271 e. The van der Waals surface area contributed by atoms with Gasteiger partial charge < -0.3 is 14.8 Å². The number of nitrogens with one attached hydrogen (secondary N) is 1. The van der Waals surface area contributed by atoms with E-state index >= 15 is 0 Å². The van der Waals surface area contributed by atoms with E-state index in [1.54, 1.807) is 34.4 Å². The molecular formula is C27H32FN3O2S. The standard InChI is InChI=1S/C27H32FN3O2S/c1-3-20-14-22-24(34-20)15-23-25(32)31(16-18-10-8-9-13-21(18)28)27(2,17-30(22)23)26(33)29-19-11-6-4-5-7-12-19/h8-10,13-15,19H,3-7,11-12,16-17H2,1-2H3,(H,29,33). The smallest absolute Gasteiger partial charge is 0.271 e. The van der Waals surface area contributed by atoms with Gasteiger partial charge in [-0.2, -0.15) is 0 Å². The van der Waals surface area contributed by atoms with E-state index in [0.717, 1.165) is 42.3 Å². The van der Waals surface area contributed by atoms with Gasteiger partial charge in [-0.3, -0.25) is 9.59 Å². The van der Waals surface area contributed by atoms with E-state index in [2.05, 4.69) is 18.3 Å². The molecular weight excluding hydrogens is 449 g/mol. The van der Waals surface area contributed by atoms with Crippen molar-refractivity contribution < 1.29 is 14.0 Å². The first kappa shape index (κ1) is 23.1. The molecule has 3 aromatic rings. The van der Waals surface area contributed by atoms with Gasteiger partial charge in [0.05, 0.1) is 23.3 Å². The Balaban J connectivity index is 1.54. The third-order valence-electron chi connectivity index (χ3n) is 7.48. The molecule has 1 saturated carbocycles. The maximum absolute atomic E-state index is 14.6. The Morgan fingerprint density at radius 1 is 1.18 bits per heavy atom. The van der Waals surface area contributed by atoms with Gasteiger partial charge in [-0.1, -0.05) is 50.8 Å². The molecule has 2 aliphatic rings. The Kier molecular flexibility index (Phi) is 6.23. The van der Waals surface area contributed by atoms with Crippen LogP contribution >= 0.6 is 11.3 Å². The van der Waals surface area contributed by atoms with E-state index in [1.807, 2.05) is 17.6 Å². The number of aryl methyl sites for hydroxylation is 1. The highest BCUT2D eigenvalue weighted by atomic mass is 32.1. The number of hydrogen-bond acceptors (Lipinski definition) is 3. The first-order valence-corrected chi connectivity index (χ1v) is 13.2. The molecule has 0 saturated heterocycles. The summed E-state index contributed by atoms with van der Waals surface area (Å²) in [6.45, 7) is 4.36. The molecule has 2 aromatic heterocycles. The quantitative estimate of drug-likeness (QED) is 0.478. The van der Waals surface area contributed by atoms with Gasteiger partial charge in [-0.15, -0.1) is 11.3 Å². The van der Waals surface area contributed by atoms with E-state index in [1.165, 1.54) is 23.8 Å². The summed E-state index contributed by atoms with van der Waals surface area (Å²) in [6, 6.07) is 10.7. The lowest BCUT2D eigenvalue weighted by Crippen LogP contribution is -2.64. The lowest BCUT2D eigenvalue weighted by Gasteiger charge is -2.44. The third kappa shape index (κ3) is 4.04. The van der Waals surface area contributed by atoms with E-state index in [-0.39, 0.29) is 30.2 Å². The minimum absolute atomic E-state index is 0.0547. The summed E-state index contributed by atoms with van der Waals surface area (Å²) in [4.78, 5) is 30.5. The van der Waals surface area contributed by atoms with Crippen molar-refractivity contribution in [1.29, 1.82) is 0 Å². The molecule has 2 amide bonds. The number of hydrogen-bond donors (Lipinski definition) is 1. The van der Waals surface area contributed by atoms with Crippen molar-refractivity contribution in [3.63, 3.8) is 0 Å². The fraction of sp³-hybridized carbons (Fsp3) is 0.481. The van der Waals surface area contributed by atoms with Crippen LogP contribution in [-0.4, -0.2) is 32.9 Å². The number of rotatable bonds is 5. The summed E-state index contributed by atoms with van der Waals surface area (Å²) in [5, 5.41) is 3.27. The summed E-state index contributed by atoms with van der Waals surface area (Å²) >= 11 is 1.69. The molecule has 7 heteroatoms. The summed E-state index contributed by atoms with van der Waals surface area (Å²) in [7, 11) is 0.